The zero-order chi connectivity index (χ0) is 13.1. The van der Waals surface area contributed by atoms with Gasteiger partial charge in [-0.05, 0) is 31.2 Å². The molecule has 6 heteroatoms. The maximum absolute atomic E-state index is 12.1. The third kappa shape index (κ3) is 3.35. The van der Waals surface area contributed by atoms with E-state index in [1.165, 1.54) is 0 Å². The average Bonchev–Trinajstić information content (AvgIpc) is 2.81. The Labute approximate surface area is 124 Å². The minimum absolute atomic E-state index is 0. The average molecular weight is 299 g/mol. The van der Waals surface area contributed by atoms with Crippen molar-refractivity contribution in [2.45, 2.75) is 18.9 Å². The number of halogens is 1. The van der Waals surface area contributed by atoms with Crippen LogP contribution in [0, 0.1) is 0 Å². The van der Waals surface area contributed by atoms with Crippen LogP contribution in [0.5, 0.6) is 11.5 Å². The van der Waals surface area contributed by atoms with Crippen LogP contribution >= 0.6 is 12.4 Å². The molecule has 0 radical (unpaired) electrons. The highest BCUT2D eigenvalue weighted by Gasteiger charge is 2.19. The highest BCUT2D eigenvalue weighted by atomic mass is 35.5. The molecule has 0 bridgehead atoms. The van der Waals surface area contributed by atoms with Crippen molar-refractivity contribution in [1.82, 2.24) is 10.6 Å². The minimum Gasteiger partial charge on any atom is -0.490 e. The van der Waals surface area contributed by atoms with E-state index in [1.807, 2.05) is 6.07 Å². The summed E-state index contributed by atoms with van der Waals surface area (Å²) >= 11 is 0. The molecule has 0 aliphatic carbocycles. The Bertz CT molecular complexity index is 475. The van der Waals surface area contributed by atoms with Gasteiger partial charge >= 0.3 is 0 Å². The van der Waals surface area contributed by atoms with E-state index in [4.69, 9.17) is 9.47 Å². The number of amides is 1. The fourth-order valence-corrected chi connectivity index (χ4v) is 2.35. The first-order chi connectivity index (χ1) is 9.33. The summed E-state index contributed by atoms with van der Waals surface area (Å²) in [5.41, 5.74) is 0.621. The van der Waals surface area contributed by atoms with Gasteiger partial charge < -0.3 is 20.1 Å². The van der Waals surface area contributed by atoms with Crippen molar-refractivity contribution in [3.05, 3.63) is 23.8 Å². The van der Waals surface area contributed by atoms with E-state index in [-0.39, 0.29) is 24.4 Å². The fourth-order valence-electron chi connectivity index (χ4n) is 2.35. The molecule has 0 saturated carbocycles. The van der Waals surface area contributed by atoms with Crippen molar-refractivity contribution >= 4 is 18.3 Å². The number of nitrogens with one attached hydrogen (secondary N) is 2. The Morgan fingerprint density at radius 1 is 1.25 bits per heavy atom. The van der Waals surface area contributed by atoms with E-state index < -0.39 is 0 Å². The molecule has 1 saturated heterocycles. The van der Waals surface area contributed by atoms with Crippen LogP contribution in [0.3, 0.4) is 0 Å². The molecule has 2 aliphatic heterocycles. The third-order valence-corrected chi connectivity index (χ3v) is 3.41. The predicted molar refractivity (Wildman–Crippen MR) is 78.0 cm³/mol. The molecular weight excluding hydrogens is 280 g/mol. The number of fused-ring (bicyclic) bond motifs is 1. The molecule has 1 unspecified atom stereocenters. The van der Waals surface area contributed by atoms with Gasteiger partial charge in [0.25, 0.3) is 5.91 Å². The fraction of sp³-hybridized carbons (Fsp3) is 0.500. The predicted octanol–water partition coefficient (Wildman–Crippen LogP) is 1.36. The summed E-state index contributed by atoms with van der Waals surface area (Å²) in [6.45, 7) is 3.10. The smallest absolute Gasteiger partial charge is 0.251 e. The van der Waals surface area contributed by atoms with Gasteiger partial charge in [-0.2, -0.15) is 0 Å². The molecule has 5 nitrogen and oxygen atoms in total. The number of hydrogen-bond acceptors (Lipinski definition) is 4. The summed E-state index contributed by atoms with van der Waals surface area (Å²) in [4.78, 5) is 12.1. The maximum atomic E-state index is 12.1. The monoisotopic (exact) mass is 298 g/mol. The molecule has 2 heterocycles. The number of carbonyl (C=O) groups excluding carboxylic acids is 1. The van der Waals surface area contributed by atoms with E-state index in [0.29, 0.717) is 24.5 Å². The molecule has 1 aromatic carbocycles. The van der Waals surface area contributed by atoms with Crippen LogP contribution in [0.25, 0.3) is 0 Å². The Hall–Kier alpha value is -1.46. The number of benzene rings is 1. The van der Waals surface area contributed by atoms with E-state index >= 15 is 0 Å². The molecular formula is C14H19ClN2O3. The quantitative estimate of drug-likeness (QED) is 0.865. The molecule has 0 spiro atoms. The zero-order valence-corrected chi connectivity index (χ0v) is 12.0. The first-order valence-corrected chi connectivity index (χ1v) is 6.74. The topological polar surface area (TPSA) is 59.6 Å². The lowest BCUT2D eigenvalue weighted by Crippen LogP contribution is -2.36. The second-order valence-corrected chi connectivity index (χ2v) is 4.88. The molecule has 0 aromatic heterocycles. The second-order valence-electron chi connectivity index (χ2n) is 4.88. The summed E-state index contributed by atoms with van der Waals surface area (Å²) in [6, 6.07) is 5.58. The molecule has 2 N–H and O–H groups in total. The van der Waals surface area contributed by atoms with Crippen molar-refractivity contribution in [2.75, 3.05) is 26.3 Å². The van der Waals surface area contributed by atoms with Crippen LogP contribution < -0.4 is 20.1 Å². The summed E-state index contributed by atoms with van der Waals surface area (Å²) in [6.07, 6.45) is 1.85. The van der Waals surface area contributed by atoms with Gasteiger partial charge in [0.1, 0.15) is 0 Å². The third-order valence-electron chi connectivity index (χ3n) is 3.41. The van der Waals surface area contributed by atoms with Crippen LogP contribution in [0.4, 0.5) is 0 Å². The number of carbonyl (C=O) groups is 1. The highest BCUT2D eigenvalue weighted by molar-refractivity contribution is 5.95. The van der Waals surface area contributed by atoms with Crippen LogP contribution in [-0.2, 0) is 0 Å². The van der Waals surface area contributed by atoms with Gasteiger partial charge in [0.05, 0.1) is 13.2 Å². The second kappa shape index (κ2) is 6.81. The zero-order valence-electron chi connectivity index (χ0n) is 11.2. The maximum Gasteiger partial charge on any atom is 0.251 e. The van der Waals surface area contributed by atoms with E-state index in [2.05, 4.69) is 10.6 Å². The molecule has 1 fully saturated rings. The molecule has 110 valence electrons. The number of ether oxygens (including phenoxy) is 2. The first kappa shape index (κ1) is 14.9. The van der Waals surface area contributed by atoms with E-state index in [1.54, 1.807) is 12.1 Å². The van der Waals surface area contributed by atoms with E-state index in [0.717, 1.165) is 31.7 Å². The van der Waals surface area contributed by atoms with Gasteiger partial charge in [-0.1, -0.05) is 0 Å². The molecule has 1 amide bonds. The Kier molecular flexibility index (Phi) is 5.09. The molecule has 2 aliphatic rings. The summed E-state index contributed by atoms with van der Waals surface area (Å²) in [5.74, 6) is 1.33. The van der Waals surface area contributed by atoms with Crippen molar-refractivity contribution in [2.24, 2.45) is 0 Å². The Morgan fingerprint density at radius 3 is 2.80 bits per heavy atom. The Balaban J connectivity index is 0.00000147. The number of hydrogen-bond donors (Lipinski definition) is 2. The van der Waals surface area contributed by atoms with Crippen LogP contribution in [0.15, 0.2) is 18.2 Å². The van der Waals surface area contributed by atoms with Gasteiger partial charge in [0.2, 0.25) is 0 Å². The lowest BCUT2D eigenvalue weighted by Gasteiger charge is -2.13. The van der Waals surface area contributed by atoms with Gasteiger partial charge in [-0.15, -0.1) is 12.4 Å². The molecule has 1 atom stereocenters. The van der Waals surface area contributed by atoms with Crippen LogP contribution in [0.2, 0.25) is 0 Å². The van der Waals surface area contributed by atoms with E-state index in [9.17, 15) is 4.79 Å². The van der Waals surface area contributed by atoms with Crippen molar-refractivity contribution in [3.8, 4) is 11.5 Å². The highest BCUT2D eigenvalue weighted by Crippen LogP contribution is 2.30. The molecule has 3 rings (SSSR count). The first-order valence-electron chi connectivity index (χ1n) is 6.74. The largest absolute Gasteiger partial charge is 0.490 e. The number of rotatable bonds is 2. The van der Waals surface area contributed by atoms with Crippen molar-refractivity contribution in [3.63, 3.8) is 0 Å². The van der Waals surface area contributed by atoms with Gasteiger partial charge in [-0.3, -0.25) is 4.79 Å². The minimum atomic E-state index is -0.0515. The van der Waals surface area contributed by atoms with Gasteiger partial charge in [0, 0.05) is 24.6 Å². The SMILES string of the molecule is Cl.O=C(NC1CCNC1)c1ccc2c(c1)OCCCO2. The van der Waals surface area contributed by atoms with Crippen molar-refractivity contribution < 1.29 is 14.3 Å². The lowest BCUT2D eigenvalue weighted by molar-refractivity contribution is 0.0939. The van der Waals surface area contributed by atoms with Crippen LogP contribution in [0.1, 0.15) is 23.2 Å². The molecule has 1 aromatic rings. The summed E-state index contributed by atoms with van der Waals surface area (Å²) in [7, 11) is 0. The van der Waals surface area contributed by atoms with Crippen molar-refractivity contribution in [1.29, 1.82) is 0 Å². The summed E-state index contributed by atoms with van der Waals surface area (Å²) in [5, 5.41) is 6.25. The summed E-state index contributed by atoms with van der Waals surface area (Å²) < 4.78 is 11.1. The van der Waals surface area contributed by atoms with Gasteiger partial charge in [0.15, 0.2) is 11.5 Å². The van der Waals surface area contributed by atoms with Crippen LogP contribution in [-0.4, -0.2) is 38.3 Å². The Morgan fingerprint density at radius 2 is 2.05 bits per heavy atom. The molecule has 20 heavy (non-hydrogen) atoms. The van der Waals surface area contributed by atoms with Gasteiger partial charge in [-0.25, -0.2) is 0 Å². The normalized spacial score (nSPS) is 20.7. The lowest BCUT2D eigenvalue weighted by atomic mass is 10.1. The standard InChI is InChI=1S/C14H18N2O3.ClH/c17-14(16-11-4-5-15-9-11)10-2-3-12-13(8-10)19-7-1-6-18-12;/h2-3,8,11,15H,1,4-7,9H2,(H,16,17);1H.